The van der Waals surface area contributed by atoms with Gasteiger partial charge < -0.3 is 14.8 Å². The summed E-state index contributed by atoms with van der Waals surface area (Å²) < 4.78 is 20.5. The topological polar surface area (TPSA) is 105 Å². The molecule has 5 rings (SSSR count). The number of hydrogen-bond acceptors (Lipinski definition) is 6. The molecule has 0 aliphatic carbocycles. The van der Waals surface area contributed by atoms with Crippen molar-refractivity contribution >= 4 is 51.6 Å². The van der Waals surface area contributed by atoms with E-state index >= 15 is 0 Å². The number of carbonyl (C=O) groups excluding carboxylic acids is 1. The summed E-state index contributed by atoms with van der Waals surface area (Å²) in [5, 5.41) is 14.3. The number of carbonyl (C=O) groups is 2. The number of carboxylic acid groups (broad SMARTS) is 1. The number of rotatable bonds is 6. The smallest absolute Gasteiger partial charge is 0.307 e. The summed E-state index contributed by atoms with van der Waals surface area (Å²) in [7, 11) is 0. The third-order valence-corrected chi connectivity index (χ3v) is 6.24. The first-order chi connectivity index (χ1) is 16.9. The molecular weight excluding hydrogens is 493 g/mol. The number of nitrogens with one attached hydrogen (secondary N) is 1. The average molecular weight is 508 g/mol. The van der Waals surface area contributed by atoms with Crippen LogP contribution in [0.25, 0.3) is 33.1 Å². The zero-order valence-corrected chi connectivity index (χ0v) is 19.4. The summed E-state index contributed by atoms with van der Waals surface area (Å²) >= 11 is 7.20. The fourth-order valence-corrected chi connectivity index (χ4v) is 4.35. The lowest BCUT2D eigenvalue weighted by Crippen LogP contribution is -2.13. The standard InChI is InChI=1S/C25H15ClFN3O4S/c26-16-5-2-14(3-6-16)25-30-20(12-35-25)23(33)28-18-7-4-15(11-17(18)27)24-29-19-9-13(10-22(31)32)1-8-21(19)34-24/h1-9,11-12H,10H2,(H,28,33)(H,31,32). The summed E-state index contributed by atoms with van der Waals surface area (Å²) in [4.78, 5) is 32.2. The Morgan fingerprint density at radius 1 is 1.03 bits per heavy atom. The van der Waals surface area contributed by atoms with E-state index in [1.54, 1.807) is 53.9 Å². The van der Waals surface area contributed by atoms with Crippen LogP contribution in [0.5, 0.6) is 0 Å². The SMILES string of the molecule is O=C(O)Cc1ccc2oc(-c3ccc(NC(=O)c4csc(-c5ccc(Cl)cc5)n4)c(F)c3)nc2c1. The van der Waals surface area contributed by atoms with E-state index in [0.717, 1.165) is 5.56 Å². The monoisotopic (exact) mass is 507 g/mol. The number of halogens is 2. The number of fused-ring (bicyclic) bond motifs is 1. The van der Waals surface area contributed by atoms with Crippen LogP contribution in [0.2, 0.25) is 5.02 Å². The van der Waals surface area contributed by atoms with Crippen molar-refractivity contribution in [3.8, 4) is 22.0 Å². The molecule has 0 saturated carbocycles. The molecule has 0 bridgehead atoms. The van der Waals surface area contributed by atoms with Gasteiger partial charge in [0.25, 0.3) is 5.91 Å². The van der Waals surface area contributed by atoms with Crippen LogP contribution in [-0.4, -0.2) is 27.0 Å². The van der Waals surface area contributed by atoms with Gasteiger partial charge >= 0.3 is 5.97 Å². The van der Waals surface area contributed by atoms with E-state index in [2.05, 4.69) is 15.3 Å². The Morgan fingerprint density at radius 3 is 2.54 bits per heavy atom. The first kappa shape index (κ1) is 22.7. The van der Waals surface area contributed by atoms with Crippen molar-refractivity contribution in [1.29, 1.82) is 0 Å². The maximum atomic E-state index is 14.8. The van der Waals surface area contributed by atoms with E-state index < -0.39 is 17.7 Å². The van der Waals surface area contributed by atoms with Gasteiger partial charge in [-0.15, -0.1) is 11.3 Å². The molecule has 174 valence electrons. The number of aliphatic carboxylic acids is 1. The second kappa shape index (κ2) is 9.28. The molecule has 0 aliphatic heterocycles. The second-order valence-electron chi connectivity index (χ2n) is 7.59. The van der Waals surface area contributed by atoms with E-state index in [-0.39, 0.29) is 23.7 Å². The van der Waals surface area contributed by atoms with Crippen LogP contribution in [0, 0.1) is 5.82 Å². The number of anilines is 1. The molecule has 2 heterocycles. The largest absolute Gasteiger partial charge is 0.481 e. The second-order valence-corrected chi connectivity index (χ2v) is 8.88. The molecule has 5 aromatic rings. The van der Waals surface area contributed by atoms with Crippen LogP contribution < -0.4 is 5.32 Å². The molecule has 0 unspecified atom stereocenters. The number of nitrogens with zero attached hydrogens (tertiary/aromatic N) is 2. The Kier molecular flexibility index (Phi) is 6.02. The van der Waals surface area contributed by atoms with Crippen molar-refractivity contribution in [1.82, 2.24) is 9.97 Å². The zero-order valence-electron chi connectivity index (χ0n) is 17.8. The number of amides is 1. The molecular formula is C25H15ClFN3O4S. The fourth-order valence-electron chi connectivity index (χ4n) is 3.42. The van der Waals surface area contributed by atoms with Crippen molar-refractivity contribution in [3.05, 3.63) is 88.1 Å². The molecule has 0 aliphatic rings. The summed E-state index contributed by atoms with van der Waals surface area (Å²) in [6.45, 7) is 0. The van der Waals surface area contributed by atoms with Gasteiger partial charge in [0, 0.05) is 21.5 Å². The molecule has 0 spiro atoms. The van der Waals surface area contributed by atoms with Gasteiger partial charge in [-0.1, -0.05) is 29.8 Å². The summed E-state index contributed by atoms with van der Waals surface area (Å²) in [6.07, 6.45) is -0.138. The predicted octanol–water partition coefficient (Wildman–Crippen LogP) is 6.29. The lowest BCUT2D eigenvalue weighted by atomic mass is 10.1. The summed E-state index contributed by atoms with van der Waals surface area (Å²) in [5.74, 6) is -1.98. The van der Waals surface area contributed by atoms with Gasteiger partial charge in [0.1, 0.15) is 22.0 Å². The molecule has 0 fully saturated rings. The van der Waals surface area contributed by atoms with Gasteiger partial charge in [-0.2, -0.15) is 0 Å². The van der Waals surface area contributed by atoms with E-state index in [1.165, 1.54) is 23.5 Å². The molecule has 10 heteroatoms. The van der Waals surface area contributed by atoms with E-state index in [1.807, 2.05) is 0 Å². The molecule has 0 radical (unpaired) electrons. The summed E-state index contributed by atoms with van der Waals surface area (Å²) in [5.41, 5.74) is 2.84. The number of carboxylic acids is 1. The maximum absolute atomic E-state index is 14.8. The Bertz CT molecular complexity index is 1580. The van der Waals surface area contributed by atoms with Crippen LogP contribution in [0.15, 0.2) is 70.5 Å². The minimum absolute atomic E-state index is 0.0142. The number of oxazole rings is 1. The van der Waals surface area contributed by atoms with E-state index in [9.17, 15) is 14.0 Å². The Hall–Kier alpha value is -4.08. The average Bonchev–Trinajstić information content (AvgIpc) is 3.48. The highest BCUT2D eigenvalue weighted by molar-refractivity contribution is 7.13. The number of aromatic nitrogens is 2. The maximum Gasteiger partial charge on any atom is 0.307 e. The molecule has 35 heavy (non-hydrogen) atoms. The Labute approximate surface area is 206 Å². The van der Waals surface area contributed by atoms with Crippen molar-refractivity contribution in [2.45, 2.75) is 6.42 Å². The fraction of sp³-hybridized carbons (Fsp3) is 0.0400. The van der Waals surface area contributed by atoms with Crippen LogP contribution in [-0.2, 0) is 11.2 Å². The third kappa shape index (κ3) is 4.91. The van der Waals surface area contributed by atoms with Gasteiger partial charge in [0.2, 0.25) is 5.89 Å². The van der Waals surface area contributed by atoms with Crippen LogP contribution >= 0.6 is 22.9 Å². The molecule has 0 saturated heterocycles. The van der Waals surface area contributed by atoms with Gasteiger partial charge in [-0.05, 0) is 48.0 Å². The minimum atomic E-state index is -0.952. The highest BCUT2D eigenvalue weighted by Crippen LogP contribution is 2.29. The van der Waals surface area contributed by atoms with Crippen LogP contribution in [0.4, 0.5) is 10.1 Å². The number of hydrogen-bond donors (Lipinski definition) is 2. The molecule has 0 atom stereocenters. The first-order valence-electron chi connectivity index (χ1n) is 10.3. The van der Waals surface area contributed by atoms with E-state index in [4.69, 9.17) is 21.1 Å². The molecule has 2 aromatic heterocycles. The van der Waals surface area contributed by atoms with Crippen molar-refractivity contribution < 1.29 is 23.5 Å². The number of thiazole rings is 1. The minimum Gasteiger partial charge on any atom is -0.481 e. The quantitative estimate of drug-likeness (QED) is 0.280. The van der Waals surface area contributed by atoms with Crippen molar-refractivity contribution in [2.75, 3.05) is 5.32 Å². The third-order valence-electron chi connectivity index (χ3n) is 5.10. The highest BCUT2D eigenvalue weighted by atomic mass is 35.5. The van der Waals surface area contributed by atoms with Crippen LogP contribution in [0.3, 0.4) is 0 Å². The van der Waals surface area contributed by atoms with Gasteiger partial charge in [-0.3, -0.25) is 9.59 Å². The molecule has 2 N–H and O–H groups in total. The van der Waals surface area contributed by atoms with E-state index in [0.29, 0.717) is 32.3 Å². The normalized spacial score (nSPS) is 11.0. The Balaban J connectivity index is 1.33. The lowest BCUT2D eigenvalue weighted by molar-refractivity contribution is -0.136. The number of benzene rings is 3. The van der Waals surface area contributed by atoms with Gasteiger partial charge in [0.05, 0.1) is 12.1 Å². The predicted molar refractivity (Wildman–Crippen MR) is 131 cm³/mol. The Morgan fingerprint density at radius 2 is 1.80 bits per heavy atom. The van der Waals surface area contributed by atoms with Crippen LogP contribution in [0.1, 0.15) is 16.1 Å². The zero-order chi connectivity index (χ0) is 24.5. The summed E-state index contributed by atoms with van der Waals surface area (Å²) in [6, 6.07) is 16.2. The molecule has 7 nitrogen and oxygen atoms in total. The van der Waals surface area contributed by atoms with Gasteiger partial charge in [0.15, 0.2) is 5.58 Å². The van der Waals surface area contributed by atoms with Gasteiger partial charge in [-0.25, -0.2) is 14.4 Å². The van der Waals surface area contributed by atoms with Crippen molar-refractivity contribution in [2.24, 2.45) is 0 Å². The highest BCUT2D eigenvalue weighted by Gasteiger charge is 2.16. The first-order valence-corrected chi connectivity index (χ1v) is 11.6. The molecule has 3 aromatic carbocycles. The van der Waals surface area contributed by atoms with Crippen molar-refractivity contribution in [3.63, 3.8) is 0 Å². The lowest BCUT2D eigenvalue weighted by Gasteiger charge is -2.06. The molecule has 1 amide bonds.